The summed E-state index contributed by atoms with van der Waals surface area (Å²) >= 11 is 1.31. The molecule has 0 aliphatic rings. The Morgan fingerprint density at radius 1 is 1.37 bits per heavy atom. The van der Waals surface area contributed by atoms with Gasteiger partial charge in [0.2, 0.25) is 0 Å². The zero-order chi connectivity index (χ0) is 14.5. The van der Waals surface area contributed by atoms with E-state index in [1.807, 2.05) is 13.1 Å². The molecule has 0 radical (unpaired) electrons. The lowest BCUT2D eigenvalue weighted by molar-refractivity contribution is 0.141. The van der Waals surface area contributed by atoms with Crippen LogP contribution in [0.4, 0.5) is 0 Å². The second-order valence-electron chi connectivity index (χ2n) is 5.00. The molecule has 1 aromatic heterocycles. The van der Waals surface area contributed by atoms with Gasteiger partial charge < -0.3 is 10.1 Å². The zero-order valence-electron chi connectivity index (χ0n) is 11.8. The van der Waals surface area contributed by atoms with Gasteiger partial charge in [0.05, 0.1) is 12.1 Å². The third-order valence-electron chi connectivity index (χ3n) is 2.44. The van der Waals surface area contributed by atoms with E-state index in [-0.39, 0.29) is 0 Å². The first-order valence-corrected chi connectivity index (χ1v) is 8.37. The van der Waals surface area contributed by atoms with Crippen LogP contribution < -0.4 is 10.0 Å². The van der Waals surface area contributed by atoms with Crippen LogP contribution in [0.3, 0.4) is 0 Å². The summed E-state index contributed by atoms with van der Waals surface area (Å²) in [5, 5.41) is 3.04. The van der Waals surface area contributed by atoms with E-state index in [4.69, 9.17) is 4.74 Å². The van der Waals surface area contributed by atoms with Gasteiger partial charge in [0.25, 0.3) is 10.0 Å². The van der Waals surface area contributed by atoms with E-state index >= 15 is 0 Å². The van der Waals surface area contributed by atoms with E-state index in [9.17, 15) is 8.42 Å². The normalized spacial score (nSPS) is 12.8. The highest BCUT2D eigenvalue weighted by Gasteiger charge is 2.27. The highest BCUT2D eigenvalue weighted by atomic mass is 32.2. The minimum atomic E-state index is -3.48. The number of thiophene rings is 1. The minimum absolute atomic E-state index is 0.324. The topological polar surface area (TPSA) is 67.4 Å². The predicted octanol–water partition coefficient (Wildman–Crippen LogP) is 1.21. The lowest BCUT2D eigenvalue weighted by atomic mass is 10.1. The smallest absolute Gasteiger partial charge is 0.250 e. The van der Waals surface area contributed by atoms with E-state index < -0.39 is 15.6 Å². The van der Waals surface area contributed by atoms with E-state index in [1.54, 1.807) is 27.0 Å². The number of methoxy groups -OCH3 is 1. The van der Waals surface area contributed by atoms with E-state index in [2.05, 4.69) is 10.0 Å². The standard InChI is InChI=1S/C12H22N2O3S2/c1-12(2,9-17-4)14-19(15,16)11-6-5-10(18-11)7-8-13-3/h5-6,13-14H,7-9H2,1-4H3. The van der Waals surface area contributed by atoms with Crippen molar-refractivity contribution in [1.29, 1.82) is 0 Å². The molecule has 7 heteroatoms. The molecule has 110 valence electrons. The molecule has 0 unspecified atom stereocenters. The summed E-state index contributed by atoms with van der Waals surface area (Å²) in [6.07, 6.45) is 0.831. The summed E-state index contributed by atoms with van der Waals surface area (Å²) in [5.41, 5.74) is -0.622. The fraction of sp³-hybridized carbons (Fsp3) is 0.667. The molecule has 0 bridgehead atoms. The highest BCUT2D eigenvalue weighted by Crippen LogP contribution is 2.23. The van der Waals surface area contributed by atoms with Crippen LogP contribution in [0.15, 0.2) is 16.3 Å². The average Bonchev–Trinajstić information content (AvgIpc) is 2.73. The number of rotatable bonds is 8. The van der Waals surface area contributed by atoms with Crippen LogP contribution in [0, 0.1) is 0 Å². The maximum absolute atomic E-state index is 12.2. The van der Waals surface area contributed by atoms with Gasteiger partial charge in [0, 0.05) is 12.0 Å². The Kier molecular flexibility index (Phi) is 5.94. The van der Waals surface area contributed by atoms with Gasteiger partial charge in [0.1, 0.15) is 4.21 Å². The van der Waals surface area contributed by atoms with E-state index in [0.29, 0.717) is 10.8 Å². The zero-order valence-corrected chi connectivity index (χ0v) is 13.5. The summed E-state index contributed by atoms with van der Waals surface area (Å²) in [6, 6.07) is 3.51. The number of nitrogens with one attached hydrogen (secondary N) is 2. The molecule has 0 aliphatic heterocycles. The van der Waals surface area contributed by atoms with Gasteiger partial charge in [-0.15, -0.1) is 11.3 Å². The third-order valence-corrected chi connectivity index (χ3v) is 5.77. The maximum atomic E-state index is 12.2. The SMILES string of the molecule is CNCCc1ccc(S(=O)(=O)NC(C)(C)COC)s1. The predicted molar refractivity (Wildman–Crippen MR) is 78.2 cm³/mol. The molecule has 1 aromatic rings. The molecule has 0 saturated heterocycles. The molecule has 1 rings (SSSR count). The Bertz CT molecular complexity index is 495. The number of sulfonamides is 1. The molecule has 0 atom stereocenters. The summed E-state index contributed by atoms with van der Waals surface area (Å²) in [6.45, 7) is 4.75. The monoisotopic (exact) mass is 306 g/mol. The van der Waals surface area contributed by atoms with Gasteiger partial charge in [-0.3, -0.25) is 0 Å². The van der Waals surface area contributed by atoms with E-state index in [1.165, 1.54) is 11.3 Å². The van der Waals surface area contributed by atoms with Crippen LogP contribution in [-0.2, 0) is 21.2 Å². The molecule has 0 aromatic carbocycles. The molecule has 5 nitrogen and oxygen atoms in total. The average molecular weight is 306 g/mol. The summed E-state index contributed by atoms with van der Waals surface area (Å²) in [7, 11) is -0.0485. The van der Waals surface area contributed by atoms with Crippen LogP contribution in [0.25, 0.3) is 0 Å². The molecule has 0 amide bonds. The minimum Gasteiger partial charge on any atom is -0.383 e. The molecule has 0 spiro atoms. The van der Waals surface area contributed by atoms with Crippen molar-refractivity contribution in [3.8, 4) is 0 Å². The van der Waals surface area contributed by atoms with Crippen molar-refractivity contribution in [1.82, 2.24) is 10.0 Å². The number of hydrogen-bond acceptors (Lipinski definition) is 5. The lowest BCUT2D eigenvalue weighted by Gasteiger charge is -2.24. The van der Waals surface area contributed by atoms with Gasteiger partial charge >= 0.3 is 0 Å². The van der Waals surface area contributed by atoms with Crippen molar-refractivity contribution in [2.45, 2.75) is 30.0 Å². The third kappa shape index (κ3) is 5.19. The maximum Gasteiger partial charge on any atom is 0.250 e. The summed E-state index contributed by atoms with van der Waals surface area (Å²) in [4.78, 5) is 1.05. The molecule has 0 fully saturated rings. The second kappa shape index (κ2) is 6.81. The quantitative estimate of drug-likeness (QED) is 0.758. The van der Waals surface area contributed by atoms with Gasteiger partial charge in [-0.2, -0.15) is 0 Å². The van der Waals surface area contributed by atoms with Crippen molar-refractivity contribution in [3.63, 3.8) is 0 Å². The molecule has 2 N–H and O–H groups in total. The molecular weight excluding hydrogens is 284 g/mol. The molecular formula is C12H22N2O3S2. The van der Waals surface area contributed by atoms with Crippen LogP contribution in [-0.4, -0.2) is 41.3 Å². The van der Waals surface area contributed by atoms with Crippen molar-refractivity contribution < 1.29 is 13.2 Å². The van der Waals surface area contributed by atoms with Gasteiger partial charge in [-0.25, -0.2) is 13.1 Å². The molecule has 1 heterocycles. The Labute approximate surface area is 119 Å². The highest BCUT2D eigenvalue weighted by molar-refractivity contribution is 7.91. The summed E-state index contributed by atoms with van der Waals surface area (Å²) in [5.74, 6) is 0. The van der Waals surface area contributed by atoms with Crippen LogP contribution in [0.5, 0.6) is 0 Å². The van der Waals surface area contributed by atoms with Crippen LogP contribution in [0.2, 0.25) is 0 Å². The molecule has 19 heavy (non-hydrogen) atoms. The van der Waals surface area contributed by atoms with Crippen molar-refractivity contribution in [2.24, 2.45) is 0 Å². The van der Waals surface area contributed by atoms with Gasteiger partial charge in [0.15, 0.2) is 0 Å². The number of ether oxygens (including phenoxy) is 1. The van der Waals surface area contributed by atoms with Gasteiger partial charge in [-0.05, 0) is 46.0 Å². The van der Waals surface area contributed by atoms with Crippen LogP contribution in [0.1, 0.15) is 18.7 Å². The van der Waals surface area contributed by atoms with Crippen molar-refractivity contribution in [2.75, 3.05) is 27.3 Å². The number of likely N-dealkylation sites (N-methyl/N-ethyl adjacent to an activating group) is 1. The first-order valence-electron chi connectivity index (χ1n) is 6.07. The Morgan fingerprint density at radius 3 is 2.63 bits per heavy atom. The van der Waals surface area contributed by atoms with E-state index in [0.717, 1.165) is 17.8 Å². The van der Waals surface area contributed by atoms with Gasteiger partial charge in [-0.1, -0.05) is 0 Å². The first-order chi connectivity index (χ1) is 8.80. The largest absolute Gasteiger partial charge is 0.383 e. The fourth-order valence-electron chi connectivity index (χ4n) is 1.69. The van der Waals surface area contributed by atoms with Crippen molar-refractivity contribution >= 4 is 21.4 Å². The Hall–Kier alpha value is -0.470. The molecule has 0 aliphatic carbocycles. The fourth-order valence-corrected chi connectivity index (χ4v) is 4.44. The van der Waals surface area contributed by atoms with Crippen molar-refractivity contribution in [3.05, 3.63) is 17.0 Å². The number of hydrogen-bond donors (Lipinski definition) is 2. The second-order valence-corrected chi connectivity index (χ2v) is 8.07. The first kappa shape index (κ1) is 16.6. The summed E-state index contributed by atoms with van der Waals surface area (Å²) < 4.78 is 32.5. The lowest BCUT2D eigenvalue weighted by Crippen LogP contribution is -2.46. The Morgan fingerprint density at radius 2 is 2.05 bits per heavy atom. The van der Waals surface area contributed by atoms with Crippen LogP contribution >= 0.6 is 11.3 Å². The molecule has 0 saturated carbocycles. The Balaban J connectivity index is 2.80.